The van der Waals surface area contributed by atoms with Crippen molar-refractivity contribution in [2.24, 2.45) is 11.7 Å². The maximum Gasteiger partial charge on any atom is 0.237 e. The van der Waals surface area contributed by atoms with Crippen molar-refractivity contribution in [1.82, 2.24) is 5.32 Å². The number of nitrogens with one attached hydrogen (secondary N) is 1. The van der Waals surface area contributed by atoms with Crippen LogP contribution in [0.4, 0.5) is 0 Å². The lowest BCUT2D eigenvalue weighted by molar-refractivity contribution is -0.123. The third kappa shape index (κ3) is 4.13. The number of amides is 1. The van der Waals surface area contributed by atoms with Gasteiger partial charge in [-0.15, -0.1) is 0 Å². The minimum absolute atomic E-state index is 0.138. The zero-order valence-electron chi connectivity index (χ0n) is 11.0. The third-order valence-electron chi connectivity index (χ3n) is 3.21. The summed E-state index contributed by atoms with van der Waals surface area (Å²) in [6.07, 6.45) is 0.162. The Morgan fingerprint density at radius 2 is 2.00 bits per heavy atom. The second-order valence-corrected chi connectivity index (χ2v) is 4.58. The minimum Gasteiger partial charge on any atom is -0.387 e. The van der Waals surface area contributed by atoms with Crippen molar-refractivity contribution < 1.29 is 9.90 Å². The smallest absolute Gasteiger partial charge is 0.237 e. The van der Waals surface area contributed by atoms with Crippen molar-refractivity contribution in [1.29, 1.82) is 0 Å². The van der Waals surface area contributed by atoms with E-state index in [4.69, 9.17) is 5.73 Å². The van der Waals surface area contributed by atoms with E-state index in [1.165, 1.54) is 0 Å². The van der Waals surface area contributed by atoms with Gasteiger partial charge in [-0.3, -0.25) is 4.79 Å². The topological polar surface area (TPSA) is 75.4 Å². The first kappa shape index (κ1) is 14.7. The predicted molar refractivity (Wildman–Crippen MR) is 71.8 cm³/mol. The van der Waals surface area contributed by atoms with Gasteiger partial charge in [-0.05, 0) is 11.5 Å². The SMILES string of the molecule is CCC(C)[C@H](N)C(=O)NCC(O)c1ccccc1. The van der Waals surface area contributed by atoms with E-state index in [1.807, 2.05) is 44.2 Å². The van der Waals surface area contributed by atoms with Crippen molar-refractivity contribution in [3.63, 3.8) is 0 Å². The number of aliphatic hydroxyl groups excluding tert-OH is 1. The summed E-state index contributed by atoms with van der Waals surface area (Å²) in [5.41, 5.74) is 6.59. The Morgan fingerprint density at radius 3 is 2.56 bits per heavy atom. The molecule has 0 saturated heterocycles. The average molecular weight is 250 g/mol. The molecule has 1 amide bonds. The lowest BCUT2D eigenvalue weighted by Gasteiger charge is -2.19. The zero-order chi connectivity index (χ0) is 13.5. The highest BCUT2D eigenvalue weighted by atomic mass is 16.3. The van der Waals surface area contributed by atoms with Crippen LogP contribution in [0.2, 0.25) is 0 Å². The van der Waals surface area contributed by atoms with Crippen LogP contribution in [0.1, 0.15) is 31.9 Å². The molecule has 0 aliphatic rings. The molecule has 1 aromatic rings. The maximum atomic E-state index is 11.7. The van der Waals surface area contributed by atoms with Crippen LogP contribution in [0.25, 0.3) is 0 Å². The van der Waals surface area contributed by atoms with Crippen molar-refractivity contribution in [3.8, 4) is 0 Å². The van der Waals surface area contributed by atoms with Crippen molar-refractivity contribution in [3.05, 3.63) is 35.9 Å². The first-order valence-electron chi connectivity index (χ1n) is 6.32. The molecule has 0 heterocycles. The average Bonchev–Trinajstić information content (AvgIpc) is 2.43. The van der Waals surface area contributed by atoms with E-state index in [2.05, 4.69) is 5.32 Å². The lowest BCUT2D eigenvalue weighted by atomic mass is 9.99. The molecule has 0 aliphatic carbocycles. The Morgan fingerprint density at radius 1 is 1.39 bits per heavy atom. The fourth-order valence-corrected chi connectivity index (χ4v) is 1.62. The summed E-state index contributed by atoms with van der Waals surface area (Å²) in [6.45, 7) is 4.13. The summed E-state index contributed by atoms with van der Waals surface area (Å²) in [7, 11) is 0. The minimum atomic E-state index is -0.695. The van der Waals surface area contributed by atoms with Crippen molar-refractivity contribution in [2.75, 3.05) is 6.54 Å². The highest BCUT2D eigenvalue weighted by Gasteiger charge is 2.19. The van der Waals surface area contributed by atoms with Gasteiger partial charge in [0.05, 0.1) is 12.1 Å². The van der Waals surface area contributed by atoms with E-state index >= 15 is 0 Å². The van der Waals surface area contributed by atoms with Gasteiger partial charge < -0.3 is 16.2 Å². The van der Waals surface area contributed by atoms with Gasteiger partial charge in [0.1, 0.15) is 0 Å². The number of hydrogen-bond acceptors (Lipinski definition) is 3. The fourth-order valence-electron chi connectivity index (χ4n) is 1.62. The molecule has 100 valence electrons. The van der Waals surface area contributed by atoms with Crippen LogP contribution in [-0.4, -0.2) is 23.6 Å². The van der Waals surface area contributed by atoms with Crippen LogP contribution in [0.5, 0.6) is 0 Å². The van der Waals surface area contributed by atoms with E-state index in [0.717, 1.165) is 12.0 Å². The molecule has 1 rings (SSSR count). The van der Waals surface area contributed by atoms with Crippen LogP contribution in [0.3, 0.4) is 0 Å². The van der Waals surface area contributed by atoms with Gasteiger partial charge in [-0.2, -0.15) is 0 Å². The monoisotopic (exact) mass is 250 g/mol. The van der Waals surface area contributed by atoms with E-state index in [0.29, 0.717) is 0 Å². The van der Waals surface area contributed by atoms with Crippen molar-refractivity contribution >= 4 is 5.91 Å². The summed E-state index contributed by atoms with van der Waals surface area (Å²) in [6, 6.07) is 8.72. The number of hydrogen-bond donors (Lipinski definition) is 3. The molecule has 0 saturated carbocycles. The molecule has 0 aromatic heterocycles. The summed E-state index contributed by atoms with van der Waals surface area (Å²) in [5, 5.41) is 12.6. The van der Waals surface area contributed by atoms with Crippen molar-refractivity contribution in [2.45, 2.75) is 32.4 Å². The molecule has 0 bridgehead atoms. The Bertz CT molecular complexity index is 367. The molecule has 4 heteroatoms. The third-order valence-corrected chi connectivity index (χ3v) is 3.21. The number of aliphatic hydroxyl groups is 1. The molecular weight excluding hydrogens is 228 g/mol. The predicted octanol–water partition coefficient (Wildman–Crippen LogP) is 1.21. The quantitative estimate of drug-likeness (QED) is 0.710. The van der Waals surface area contributed by atoms with Gasteiger partial charge in [-0.25, -0.2) is 0 Å². The molecule has 4 nitrogen and oxygen atoms in total. The summed E-state index contributed by atoms with van der Waals surface area (Å²) in [5.74, 6) is -0.0711. The highest BCUT2D eigenvalue weighted by molar-refractivity contribution is 5.81. The van der Waals surface area contributed by atoms with Crippen LogP contribution in [0, 0.1) is 5.92 Å². The number of rotatable bonds is 6. The lowest BCUT2D eigenvalue weighted by Crippen LogP contribution is -2.45. The van der Waals surface area contributed by atoms with Gasteiger partial charge >= 0.3 is 0 Å². The zero-order valence-corrected chi connectivity index (χ0v) is 11.0. The molecule has 0 aliphatic heterocycles. The standard InChI is InChI=1S/C14H22N2O2/c1-3-10(2)13(15)14(18)16-9-12(17)11-7-5-4-6-8-11/h4-8,10,12-13,17H,3,9,15H2,1-2H3,(H,16,18)/t10?,12?,13-/m0/s1. The van der Waals surface area contributed by atoms with Crippen LogP contribution in [-0.2, 0) is 4.79 Å². The second kappa shape index (κ2) is 7.13. The second-order valence-electron chi connectivity index (χ2n) is 4.58. The van der Waals surface area contributed by atoms with Crippen LogP contribution >= 0.6 is 0 Å². The van der Waals surface area contributed by atoms with Crippen LogP contribution < -0.4 is 11.1 Å². The largest absolute Gasteiger partial charge is 0.387 e. The molecule has 18 heavy (non-hydrogen) atoms. The fraction of sp³-hybridized carbons (Fsp3) is 0.500. The van der Waals surface area contributed by atoms with Gasteiger partial charge in [0.15, 0.2) is 0 Å². The highest BCUT2D eigenvalue weighted by Crippen LogP contribution is 2.11. The molecule has 0 spiro atoms. The van der Waals surface area contributed by atoms with Gasteiger partial charge in [0, 0.05) is 6.54 Å². The molecule has 1 aromatic carbocycles. The van der Waals surface area contributed by atoms with Gasteiger partial charge in [0.2, 0.25) is 5.91 Å². The van der Waals surface area contributed by atoms with Crippen LogP contribution in [0.15, 0.2) is 30.3 Å². The molecule has 4 N–H and O–H groups in total. The Kier molecular flexibility index (Phi) is 5.82. The summed E-state index contributed by atoms with van der Waals surface area (Å²) < 4.78 is 0. The molecule has 0 fully saturated rings. The molecular formula is C14H22N2O2. The maximum absolute atomic E-state index is 11.7. The molecule has 0 radical (unpaired) electrons. The normalized spacial score (nSPS) is 15.8. The number of nitrogens with two attached hydrogens (primary N) is 1. The number of carbonyl (C=O) groups is 1. The van der Waals surface area contributed by atoms with Gasteiger partial charge in [0.25, 0.3) is 0 Å². The van der Waals surface area contributed by atoms with Gasteiger partial charge in [-0.1, -0.05) is 50.6 Å². The summed E-state index contributed by atoms with van der Waals surface area (Å²) >= 11 is 0. The summed E-state index contributed by atoms with van der Waals surface area (Å²) in [4.78, 5) is 11.7. The Balaban J connectivity index is 2.43. The van der Waals surface area contributed by atoms with E-state index < -0.39 is 12.1 Å². The number of carbonyl (C=O) groups excluding carboxylic acids is 1. The molecule has 3 atom stereocenters. The number of benzene rings is 1. The van der Waals surface area contributed by atoms with E-state index in [9.17, 15) is 9.90 Å². The Labute approximate surface area is 108 Å². The van der Waals surface area contributed by atoms with E-state index in [-0.39, 0.29) is 18.4 Å². The Hall–Kier alpha value is -1.39. The first-order valence-corrected chi connectivity index (χ1v) is 6.32. The first-order chi connectivity index (χ1) is 8.56. The molecule has 2 unspecified atom stereocenters. The van der Waals surface area contributed by atoms with E-state index in [1.54, 1.807) is 0 Å².